The highest BCUT2D eigenvalue weighted by atomic mass is 35.5. The number of halogens is 1. The average Bonchev–Trinajstić information content (AvgIpc) is 2.71. The molecule has 1 aromatic heterocycles. The topological polar surface area (TPSA) is 76.6 Å². The Kier molecular flexibility index (Phi) is 7.02. The Labute approximate surface area is 182 Å². The number of benzene rings is 1. The van der Waals surface area contributed by atoms with Crippen molar-refractivity contribution in [3.8, 4) is 17.0 Å². The summed E-state index contributed by atoms with van der Waals surface area (Å²) in [6.45, 7) is 7.82. The summed E-state index contributed by atoms with van der Waals surface area (Å²) < 4.78 is 10.7. The van der Waals surface area contributed by atoms with E-state index in [1.807, 2.05) is 45.0 Å². The second kappa shape index (κ2) is 9.51. The first-order valence-electron chi connectivity index (χ1n) is 10.1. The summed E-state index contributed by atoms with van der Waals surface area (Å²) in [5, 5.41) is 12.1. The van der Waals surface area contributed by atoms with Crippen LogP contribution in [-0.2, 0) is 4.74 Å². The van der Waals surface area contributed by atoms with E-state index in [2.05, 4.69) is 15.5 Å². The second-order valence-electron chi connectivity index (χ2n) is 8.45. The van der Waals surface area contributed by atoms with Crippen molar-refractivity contribution in [2.24, 2.45) is 5.92 Å². The quantitative estimate of drug-likeness (QED) is 0.726. The standard InChI is InChI=1S/C22H29ClN4O3/c1-22(2,3)30-21(28)27-11-9-15(10-12-27)14-24-18-13-19(23)25-26-20(18)16-5-7-17(29-4)8-6-16/h5-8,13,15H,9-12,14H2,1-4H3,(H,24,25). The number of amides is 1. The SMILES string of the molecule is COc1ccc(-c2nnc(Cl)cc2NCC2CCN(C(=O)OC(C)(C)C)CC2)cc1. The fraction of sp³-hybridized carbons (Fsp3) is 0.500. The fourth-order valence-electron chi connectivity index (χ4n) is 3.37. The van der Waals surface area contributed by atoms with Crippen molar-refractivity contribution in [2.75, 3.05) is 32.1 Å². The first-order valence-corrected chi connectivity index (χ1v) is 10.5. The minimum Gasteiger partial charge on any atom is -0.497 e. The molecule has 1 aliphatic heterocycles. The number of rotatable bonds is 5. The molecule has 2 heterocycles. The van der Waals surface area contributed by atoms with Crippen molar-refractivity contribution >= 4 is 23.4 Å². The molecular formula is C22H29ClN4O3. The number of nitrogens with one attached hydrogen (secondary N) is 1. The van der Waals surface area contributed by atoms with Crippen LogP contribution in [0.4, 0.5) is 10.5 Å². The Morgan fingerprint density at radius 3 is 2.47 bits per heavy atom. The molecule has 1 N–H and O–H groups in total. The minimum absolute atomic E-state index is 0.235. The molecule has 3 rings (SSSR count). The summed E-state index contributed by atoms with van der Waals surface area (Å²) in [6.07, 6.45) is 1.59. The van der Waals surface area contributed by atoms with Gasteiger partial charge in [0.1, 0.15) is 17.0 Å². The smallest absolute Gasteiger partial charge is 0.410 e. The highest BCUT2D eigenvalue weighted by Gasteiger charge is 2.27. The van der Waals surface area contributed by atoms with E-state index >= 15 is 0 Å². The van der Waals surface area contributed by atoms with E-state index in [4.69, 9.17) is 21.1 Å². The number of nitrogens with zero attached hydrogens (tertiary/aromatic N) is 3. The molecule has 0 radical (unpaired) electrons. The van der Waals surface area contributed by atoms with Gasteiger partial charge in [0, 0.05) is 31.3 Å². The Morgan fingerprint density at radius 2 is 1.87 bits per heavy atom. The number of aromatic nitrogens is 2. The zero-order valence-electron chi connectivity index (χ0n) is 17.9. The van der Waals surface area contributed by atoms with E-state index in [0.717, 1.165) is 42.1 Å². The van der Waals surface area contributed by atoms with Gasteiger partial charge in [-0.05, 0) is 63.8 Å². The van der Waals surface area contributed by atoms with E-state index in [1.54, 1.807) is 18.1 Å². The van der Waals surface area contributed by atoms with Gasteiger partial charge >= 0.3 is 6.09 Å². The molecule has 0 unspecified atom stereocenters. The van der Waals surface area contributed by atoms with E-state index in [9.17, 15) is 4.79 Å². The van der Waals surface area contributed by atoms with Crippen molar-refractivity contribution in [3.05, 3.63) is 35.5 Å². The number of anilines is 1. The van der Waals surface area contributed by atoms with E-state index in [-0.39, 0.29) is 6.09 Å². The summed E-state index contributed by atoms with van der Waals surface area (Å²) in [4.78, 5) is 14.0. The molecule has 2 aromatic rings. The first kappa shape index (κ1) is 22.2. The molecule has 1 fully saturated rings. The summed E-state index contributed by atoms with van der Waals surface area (Å²) >= 11 is 6.09. The molecule has 1 saturated heterocycles. The van der Waals surface area contributed by atoms with E-state index in [0.29, 0.717) is 24.2 Å². The number of hydrogen-bond donors (Lipinski definition) is 1. The Hall–Kier alpha value is -2.54. The van der Waals surface area contributed by atoms with Gasteiger partial charge in [-0.3, -0.25) is 0 Å². The lowest BCUT2D eigenvalue weighted by Gasteiger charge is -2.33. The molecule has 0 bridgehead atoms. The van der Waals surface area contributed by atoms with Crippen LogP contribution in [-0.4, -0.2) is 53.5 Å². The predicted molar refractivity (Wildman–Crippen MR) is 118 cm³/mol. The van der Waals surface area contributed by atoms with Crippen LogP contribution in [0.2, 0.25) is 5.15 Å². The van der Waals surface area contributed by atoms with Gasteiger partial charge in [-0.25, -0.2) is 4.79 Å². The maximum Gasteiger partial charge on any atom is 0.410 e. The summed E-state index contributed by atoms with van der Waals surface area (Å²) in [7, 11) is 1.64. The number of hydrogen-bond acceptors (Lipinski definition) is 6. The number of piperidine rings is 1. The molecule has 1 aliphatic rings. The highest BCUT2D eigenvalue weighted by molar-refractivity contribution is 6.29. The van der Waals surface area contributed by atoms with Crippen LogP contribution in [0, 0.1) is 5.92 Å². The van der Waals surface area contributed by atoms with Gasteiger partial charge in [0.2, 0.25) is 0 Å². The van der Waals surface area contributed by atoms with Crippen molar-refractivity contribution in [3.63, 3.8) is 0 Å². The predicted octanol–water partition coefficient (Wildman–Crippen LogP) is 4.86. The zero-order valence-corrected chi connectivity index (χ0v) is 18.7. The first-order chi connectivity index (χ1) is 14.2. The normalized spacial score (nSPS) is 15.0. The van der Waals surface area contributed by atoms with Crippen LogP contribution in [0.15, 0.2) is 30.3 Å². The maximum absolute atomic E-state index is 12.2. The van der Waals surface area contributed by atoms with Gasteiger partial charge < -0.3 is 19.7 Å². The Morgan fingerprint density at radius 1 is 1.20 bits per heavy atom. The van der Waals surface area contributed by atoms with Gasteiger partial charge in [-0.15, -0.1) is 10.2 Å². The van der Waals surface area contributed by atoms with Crippen LogP contribution in [0.1, 0.15) is 33.6 Å². The summed E-state index contributed by atoms with van der Waals surface area (Å²) in [5.41, 5.74) is 2.05. The van der Waals surface area contributed by atoms with Gasteiger partial charge in [-0.1, -0.05) is 11.6 Å². The van der Waals surface area contributed by atoms with Crippen LogP contribution in [0.25, 0.3) is 11.3 Å². The van der Waals surface area contributed by atoms with Crippen molar-refractivity contribution < 1.29 is 14.3 Å². The van der Waals surface area contributed by atoms with Crippen LogP contribution in [0.3, 0.4) is 0 Å². The largest absolute Gasteiger partial charge is 0.497 e. The fourth-order valence-corrected chi connectivity index (χ4v) is 3.51. The van der Waals surface area contributed by atoms with Gasteiger partial charge in [0.15, 0.2) is 5.15 Å². The van der Waals surface area contributed by atoms with Crippen molar-refractivity contribution in [2.45, 2.75) is 39.2 Å². The van der Waals surface area contributed by atoms with Crippen molar-refractivity contribution in [1.82, 2.24) is 15.1 Å². The molecule has 8 heteroatoms. The summed E-state index contributed by atoms with van der Waals surface area (Å²) in [5.74, 6) is 1.23. The molecule has 0 atom stereocenters. The Balaban J connectivity index is 1.60. The number of carbonyl (C=O) groups is 1. The number of likely N-dealkylation sites (tertiary alicyclic amines) is 1. The Bertz CT molecular complexity index is 860. The monoisotopic (exact) mass is 432 g/mol. The lowest BCUT2D eigenvalue weighted by molar-refractivity contribution is 0.0188. The van der Waals surface area contributed by atoms with Gasteiger partial charge in [0.05, 0.1) is 12.8 Å². The molecule has 7 nitrogen and oxygen atoms in total. The summed E-state index contributed by atoms with van der Waals surface area (Å²) in [6, 6.07) is 9.47. The minimum atomic E-state index is -0.471. The van der Waals surface area contributed by atoms with Crippen LogP contribution >= 0.6 is 11.6 Å². The molecule has 162 valence electrons. The lowest BCUT2D eigenvalue weighted by Crippen LogP contribution is -2.42. The molecule has 0 aliphatic carbocycles. The molecule has 0 saturated carbocycles. The number of ether oxygens (including phenoxy) is 2. The van der Waals surface area contributed by atoms with Crippen molar-refractivity contribution in [1.29, 1.82) is 0 Å². The average molecular weight is 433 g/mol. The molecule has 1 amide bonds. The van der Waals surface area contributed by atoms with E-state index < -0.39 is 5.60 Å². The molecule has 0 spiro atoms. The number of methoxy groups -OCH3 is 1. The highest BCUT2D eigenvalue weighted by Crippen LogP contribution is 2.29. The van der Waals surface area contributed by atoms with E-state index in [1.165, 1.54) is 0 Å². The number of carbonyl (C=O) groups excluding carboxylic acids is 1. The second-order valence-corrected chi connectivity index (χ2v) is 8.84. The van der Waals surface area contributed by atoms with Gasteiger partial charge in [-0.2, -0.15) is 0 Å². The van der Waals surface area contributed by atoms with Crippen LogP contribution < -0.4 is 10.1 Å². The molecule has 30 heavy (non-hydrogen) atoms. The maximum atomic E-state index is 12.2. The third-order valence-corrected chi connectivity index (χ3v) is 5.16. The van der Waals surface area contributed by atoms with Crippen LogP contribution in [0.5, 0.6) is 5.75 Å². The van der Waals surface area contributed by atoms with Gasteiger partial charge in [0.25, 0.3) is 0 Å². The third kappa shape index (κ3) is 5.98. The zero-order chi connectivity index (χ0) is 21.7. The molecule has 1 aromatic carbocycles. The third-order valence-electron chi connectivity index (χ3n) is 4.97. The molecular weight excluding hydrogens is 404 g/mol. The lowest BCUT2D eigenvalue weighted by atomic mass is 9.97.